The van der Waals surface area contributed by atoms with E-state index < -0.39 is 22.0 Å². The average Bonchev–Trinajstić information content (AvgIpc) is 2.84. The Labute approximate surface area is 126 Å². The smallest absolute Gasteiger partial charge is 0.321 e. The van der Waals surface area contributed by atoms with Gasteiger partial charge in [-0.3, -0.25) is 4.79 Å². The lowest BCUT2D eigenvalue weighted by Gasteiger charge is -2.16. The number of hydrogen-bond acceptors (Lipinski definition) is 6. The third kappa shape index (κ3) is 3.55. The van der Waals surface area contributed by atoms with Crippen molar-refractivity contribution in [1.82, 2.24) is 13.5 Å². The van der Waals surface area contributed by atoms with Gasteiger partial charge in [0.15, 0.2) is 0 Å². The molecule has 0 aliphatic carbocycles. The fourth-order valence-electron chi connectivity index (χ4n) is 1.92. The van der Waals surface area contributed by atoms with Crippen molar-refractivity contribution in [3.8, 4) is 0 Å². The van der Waals surface area contributed by atoms with Crippen LogP contribution in [0.25, 0.3) is 11.0 Å². The summed E-state index contributed by atoms with van der Waals surface area (Å²) in [5, 5.41) is 9.15. The molecule has 1 heterocycles. The number of sulfonamides is 1. The monoisotopic (exact) mass is 329 g/mol. The Hall–Kier alpha value is -1.58. The van der Waals surface area contributed by atoms with Crippen molar-refractivity contribution in [2.24, 2.45) is 5.92 Å². The average molecular weight is 329 g/mol. The fraction of sp³-hybridized carbons (Fsp3) is 0.417. The van der Waals surface area contributed by atoms with Gasteiger partial charge in [0.1, 0.15) is 22.0 Å². The lowest BCUT2D eigenvalue weighted by Crippen LogP contribution is -2.41. The molecule has 114 valence electrons. The van der Waals surface area contributed by atoms with Crippen molar-refractivity contribution in [3.63, 3.8) is 0 Å². The molecule has 0 amide bonds. The molecule has 1 atom stereocenters. The maximum absolute atomic E-state index is 12.4. The van der Waals surface area contributed by atoms with Crippen LogP contribution in [0.5, 0.6) is 0 Å². The molecule has 1 aromatic heterocycles. The third-order valence-corrected chi connectivity index (χ3v) is 4.89. The van der Waals surface area contributed by atoms with Gasteiger partial charge < -0.3 is 5.11 Å². The van der Waals surface area contributed by atoms with Crippen LogP contribution in [0.15, 0.2) is 23.1 Å². The van der Waals surface area contributed by atoms with Crippen molar-refractivity contribution < 1.29 is 18.3 Å². The van der Waals surface area contributed by atoms with Gasteiger partial charge >= 0.3 is 5.97 Å². The van der Waals surface area contributed by atoms with Crippen LogP contribution in [-0.4, -0.2) is 34.3 Å². The molecule has 0 aliphatic rings. The Kier molecular flexibility index (Phi) is 4.55. The summed E-state index contributed by atoms with van der Waals surface area (Å²) >= 11 is 0.910. The van der Waals surface area contributed by atoms with Gasteiger partial charge in [-0.05, 0) is 24.5 Å². The zero-order valence-electron chi connectivity index (χ0n) is 11.5. The van der Waals surface area contributed by atoms with Gasteiger partial charge in [0.25, 0.3) is 0 Å². The van der Waals surface area contributed by atoms with Crippen molar-refractivity contribution in [1.29, 1.82) is 0 Å². The Morgan fingerprint density at radius 1 is 1.38 bits per heavy atom. The van der Waals surface area contributed by atoms with Crippen LogP contribution < -0.4 is 4.72 Å². The predicted molar refractivity (Wildman–Crippen MR) is 78.6 cm³/mol. The first kappa shape index (κ1) is 15.8. The zero-order chi connectivity index (χ0) is 15.6. The Morgan fingerprint density at radius 3 is 2.71 bits per heavy atom. The van der Waals surface area contributed by atoms with Crippen LogP contribution in [0, 0.1) is 5.92 Å². The Bertz CT molecular complexity index is 755. The maximum Gasteiger partial charge on any atom is 0.321 e. The predicted octanol–water partition coefficient (Wildman–Crippen LogP) is 1.47. The minimum absolute atomic E-state index is 0.0468. The molecule has 7 nitrogen and oxygen atoms in total. The second kappa shape index (κ2) is 6.04. The highest BCUT2D eigenvalue weighted by Crippen LogP contribution is 2.21. The molecule has 0 spiro atoms. The molecule has 2 N–H and O–H groups in total. The van der Waals surface area contributed by atoms with E-state index in [9.17, 15) is 13.2 Å². The SMILES string of the molecule is CC(C)C[C@H](NS(=O)(=O)c1cccc2nsnc12)C(=O)O. The van der Waals surface area contributed by atoms with Gasteiger partial charge in [0, 0.05) is 0 Å². The van der Waals surface area contributed by atoms with Crippen LogP contribution in [0.3, 0.4) is 0 Å². The third-order valence-electron chi connectivity index (χ3n) is 2.84. The van der Waals surface area contributed by atoms with Crippen molar-refractivity contribution >= 4 is 38.8 Å². The van der Waals surface area contributed by atoms with Gasteiger partial charge in [-0.25, -0.2) is 8.42 Å². The number of aliphatic carboxylic acids is 1. The van der Waals surface area contributed by atoms with Crippen LogP contribution >= 0.6 is 11.7 Å². The number of carboxylic acids is 1. The first-order valence-corrected chi connectivity index (χ1v) is 8.49. The van der Waals surface area contributed by atoms with E-state index in [1.54, 1.807) is 12.1 Å². The summed E-state index contributed by atoms with van der Waals surface area (Å²) in [5.74, 6) is -1.15. The van der Waals surface area contributed by atoms with E-state index in [0.717, 1.165) is 11.7 Å². The fourth-order valence-corrected chi connectivity index (χ4v) is 3.89. The number of aromatic nitrogens is 2. The van der Waals surface area contributed by atoms with Crippen LogP contribution in [-0.2, 0) is 14.8 Å². The number of hydrogen-bond donors (Lipinski definition) is 2. The zero-order valence-corrected chi connectivity index (χ0v) is 13.1. The summed E-state index contributed by atoms with van der Waals surface area (Å²) in [4.78, 5) is 11.2. The van der Waals surface area contributed by atoms with E-state index in [2.05, 4.69) is 13.5 Å². The summed E-state index contributed by atoms with van der Waals surface area (Å²) in [7, 11) is -3.97. The number of nitrogens with zero attached hydrogens (tertiary/aromatic N) is 2. The molecule has 0 saturated heterocycles. The van der Waals surface area contributed by atoms with Crippen LogP contribution in [0.1, 0.15) is 20.3 Å². The first-order chi connectivity index (χ1) is 9.81. The summed E-state index contributed by atoms with van der Waals surface area (Å²) in [6.07, 6.45) is 0.208. The standard InChI is InChI=1S/C12H15N3O4S2/c1-7(2)6-9(12(16)17)15-21(18,19)10-5-3-4-8-11(10)14-20-13-8/h3-5,7,9,15H,6H2,1-2H3,(H,16,17)/t9-/m0/s1. The van der Waals surface area contributed by atoms with Crippen molar-refractivity contribution in [2.75, 3.05) is 0 Å². The molecular weight excluding hydrogens is 314 g/mol. The Balaban J connectivity index is 2.37. The second-order valence-electron chi connectivity index (χ2n) is 5.03. The summed E-state index contributed by atoms with van der Waals surface area (Å²) < 4.78 is 35.0. The first-order valence-electron chi connectivity index (χ1n) is 6.27. The van der Waals surface area contributed by atoms with Gasteiger partial charge in [-0.2, -0.15) is 13.5 Å². The normalized spacial score (nSPS) is 13.7. The highest BCUT2D eigenvalue weighted by atomic mass is 32.2. The Morgan fingerprint density at radius 2 is 2.10 bits per heavy atom. The van der Waals surface area contributed by atoms with E-state index >= 15 is 0 Å². The van der Waals surface area contributed by atoms with Crippen LogP contribution in [0.2, 0.25) is 0 Å². The van der Waals surface area contributed by atoms with Gasteiger partial charge in [0.2, 0.25) is 10.0 Å². The van der Waals surface area contributed by atoms with E-state index in [1.165, 1.54) is 6.07 Å². The molecule has 0 bridgehead atoms. The van der Waals surface area contributed by atoms with E-state index in [-0.39, 0.29) is 22.8 Å². The quantitative estimate of drug-likeness (QED) is 0.830. The molecule has 9 heteroatoms. The number of rotatable bonds is 6. The molecule has 21 heavy (non-hydrogen) atoms. The maximum atomic E-state index is 12.4. The summed E-state index contributed by atoms with van der Waals surface area (Å²) in [6.45, 7) is 3.66. The van der Waals surface area contributed by atoms with E-state index in [1.807, 2.05) is 13.8 Å². The lowest BCUT2D eigenvalue weighted by atomic mass is 10.1. The lowest BCUT2D eigenvalue weighted by molar-refractivity contribution is -0.139. The molecule has 1 aromatic carbocycles. The van der Waals surface area contributed by atoms with Gasteiger partial charge in [-0.1, -0.05) is 19.9 Å². The number of benzene rings is 1. The summed E-state index contributed by atoms with van der Waals surface area (Å²) in [5.41, 5.74) is 0.724. The molecule has 0 aliphatic heterocycles. The summed E-state index contributed by atoms with van der Waals surface area (Å²) in [6, 6.07) is 3.43. The number of carboxylic acid groups (broad SMARTS) is 1. The minimum Gasteiger partial charge on any atom is -0.480 e. The molecule has 2 aromatic rings. The van der Waals surface area contributed by atoms with Gasteiger partial charge in [-0.15, -0.1) is 0 Å². The molecule has 2 rings (SSSR count). The molecule has 0 saturated carbocycles. The number of fused-ring (bicyclic) bond motifs is 1. The van der Waals surface area contributed by atoms with Crippen molar-refractivity contribution in [2.45, 2.75) is 31.2 Å². The topological polar surface area (TPSA) is 109 Å². The largest absolute Gasteiger partial charge is 0.480 e. The molecule has 0 radical (unpaired) electrons. The number of carbonyl (C=O) groups is 1. The highest BCUT2D eigenvalue weighted by Gasteiger charge is 2.28. The highest BCUT2D eigenvalue weighted by molar-refractivity contribution is 7.89. The molecular formula is C12H15N3O4S2. The number of nitrogens with one attached hydrogen (secondary N) is 1. The van der Waals surface area contributed by atoms with Crippen molar-refractivity contribution in [3.05, 3.63) is 18.2 Å². The molecule has 0 unspecified atom stereocenters. The van der Waals surface area contributed by atoms with E-state index in [0.29, 0.717) is 5.52 Å². The van der Waals surface area contributed by atoms with E-state index in [4.69, 9.17) is 5.11 Å². The second-order valence-corrected chi connectivity index (χ2v) is 7.24. The minimum atomic E-state index is -3.97. The van der Waals surface area contributed by atoms with Crippen LogP contribution in [0.4, 0.5) is 0 Å². The molecule has 0 fully saturated rings. The van der Waals surface area contributed by atoms with Gasteiger partial charge in [0.05, 0.1) is 11.7 Å².